The highest BCUT2D eigenvalue weighted by Crippen LogP contribution is 2.37. The molecule has 2 bridgehead atoms. The van der Waals surface area contributed by atoms with Gasteiger partial charge in [0.05, 0.1) is 12.6 Å². The highest BCUT2D eigenvalue weighted by molar-refractivity contribution is 7.87. The van der Waals surface area contributed by atoms with Crippen molar-refractivity contribution >= 4 is 16.2 Å². The number of halogens is 3. The number of carbonyl (C=O) groups is 1. The number of fused-ring (bicyclic) bond motifs is 2. The van der Waals surface area contributed by atoms with Gasteiger partial charge in [-0.1, -0.05) is 13.3 Å². The van der Waals surface area contributed by atoms with Gasteiger partial charge in [-0.2, -0.15) is 21.6 Å². The molecule has 0 radical (unpaired) electrons. The van der Waals surface area contributed by atoms with Crippen LogP contribution in [-0.2, 0) is 19.0 Å². The van der Waals surface area contributed by atoms with Crippen LogP contribution in [0.15, 0.2) is 11.8 Å². The fourth-order valence-corrected chi connectivity index (χ4v) is 3.20. The lowest BCUT2D eigenvalue weighted by Gasteiger charge is -2.32. The van der Waals surface area contributed by atoms with Crippen molar-refractivity contribution in [3.63, 3.8) is 0 Å². The van der Waals surface area contributed by atoms with E-state index in [1.165, 1.54) is 11.0 Å². The van der Waals surface area contributed by atoms with E-state index in [4.69, 9.17) is 4.74 Å². The Labute approximate surface area is 132 Å². The fraction of sp³-hybridized carbons (Fsp3) is 0.769. The largest absolute Gasteiger partial charge is 0.534 e. The van der Waals surface area contributed by atoms with Gasteiger partial charge in [-0.15, -0.1) is 0 Å². The molecule has 1 saturated heterocycles. The van der Waals surface area contributed by atoms with Crippen LogP contribution in [0.3, 0.4) is 0 Å². The van der Waals surface area contributed by atoms with Crippen LogP contribution in [0.25, 0.3) is 0 Å². The molecule has 0 aromatic rings. The van der Waals surface area contributed by atoms with E-state index in [2.05, 4.69) is 4.18 Å². The van der Waals surface area contributed by atoms with E-state index in [0.717, 1.165) is 12.8 Å². The number of nitrogens with zero attached hydrogens (tertiary/aromatic N) is 1. The zero-order valence-corrected chi connectivity index (χ0v) is 13.3. The summed E-state index contributed by atoms with van der Waals surface area (Å²) in [4.78, 5) is 13.5. The van der Waals surface area contributed by atoms with Crippen molar-refractivity contribution in [3.05, 3.63) is 11.8 Å². The second kappa shape index (κ2) is 6.58. The fourth-order valence-electron chi connectivity index (χ4n) is 2.70. The van der Waals surface area contributed by atoms with E-state index in [9.17, 15) is 26.4 Å². The second-order valence-corrected chi connectivity index (χ2v) is 7.03. The molecular formula is C13H18F3NO5S. The summed E-state index contributed by atoms with van der Waals surface area (Å²) in [5, 5.41) is 0. The van der Waals surface area contributed by atoms with Crippen molar-refractivity contribution in [2.24, 2.45) is 0 Å². The van der Waals surface area contributed by atoms with Crippen molar-refractivity contribution < 1.29 is 35.3 Å². The molecule has 2 heterocycles. The molecule has 0 unspecified atom stereocenters. The van der Waals surface area contributed by atoms with Gasteiger partial charge in [0.15, 0.2) is 0 Å². The summed E-state index contributed by atoms with van der Waals surface area (Å²) >= 11 is 0. The molecule has 132 valence electrons. The number of carbonyl (C=O) groups excluding carboxylic acids is 1. The SMILES string of the molecule is CCCCOC(=O)N1[C@@H]2CC[C@H]1C=C(OS(=O)(=O)C(F)(F)F)C2. The van der Waals surface area contributed by atoms with Crippen molar-refractivity contribution in [3.8, 4) is 0 Å². The Morgan fingerprint density at radius 1 is 1.39 bits per heavy atom. The monoisotopic (exact) mass is 357 g/mol. The predicted octanol–water partition coefficient (Wildman–Crippen LogP) is 2.91. The van der Waals surface area contributed by atoms with Gasteiger partial charge in [-0.3, -0.25) is 4.90 Å². The van der Waals surface area contributed by atoms with Gasteiger partial charge in [0, 0.05) is 12.5 Å². The minimum atomic E-state index is -5.67. The Balaban J connectivity index is 2.05. The predicted molar refractivity (Wildman–Crippen MR) is 73.7 cm³/mol. The first-order valence-electron chi connectivity index (χ1n) is 7.32. The Morgan fingerprint density at radius 2 is 2.09 bits per heavy atom. The number of hydrogen-bond donors (Lipinski definition) is 0. The molecule has 0 saturated carbocycles. The summed E-state index contributed by atoms with van der Waals surface area (Å²) in [7, 11) is -5.67. The summed E-state index contributed by atoms with van der Waals surface area (Å²) < 4.78 is 68.4. The van der Waals surface area contributed by atoms with Crippen LogP contribution in [0.2, 0.25) is 0 Å². The zero-order chi connectivity index (χ0) is 17.3. The molecular weight excluding hydrogens is 339 g/mol. The average Bonchev–Trinajstić information content (AvgIpc) is 2.69. The number of rotatable bonds is 5. The smallest absolute Gasteiger partial charge is 0.449 e. The van der Waals surface area contributed by atoms with Gasteiger partial charge in [-0.25, -0.2) is 4.79 Å². The number of hydrogen-bond acceptors (Lipinski definition) is 5. The Kier molecular flexibility index (Phi) is 5.12. The van der Waals surface area contributed by atoms with E-state index in [-0.39, 0.29) is 18.8 Å². The third-order valence-corrected chi connectivity index (χ3v) is 4.80. The maximum absolute atomic E-state index is 12.4. The second-order valence-electron chi connectivity index (χ2n) is 5.49. The van der Waals surface area contributed by atoms with Crippen molar-refractivity contribution in [1.29, 1.82) is 0 Å². The quantitative estimate of drug-likeness (QED) is 0.430. The summed E-state index contributed by atoms with van der Waals surface area (Å²) in [6, 6.07) is -0.904. The van der Waals surface area contributed by atoms with Gasteiger partial charge in [0.1, 0.15) is 5.76 Å². The molecule has 0 spiro atoms. The number of amides is 1. The lowest BCUT2D eigenvalue weighted by Crippen LogP contribution is -2.44. The lowest BCUT2D eigenvalue weighted by molar-refractivity contribution is -0.0526. The van der Waals surface area contributed by atoms with E-state index >= 15 is 0 Å². The van der Waals surface area contributed by atoms with Crippen molar-refractivity contribution in [2.45, 2.75) is 56.6 Å². The molecule has 1 amide bonds. The maximum atomic E-state index is 12.4. The van der Waals surface area contributed by atoms with E-state index < -0.39 is 33.8 Å². The lowest BCUT2D eigenvalue weighted by atomic mass is 10.1. The van der Waals surface area contributed by atoms with Gasteiger partial charge in [-0.05, 0) is 25.3 Å². The number of alkyl halides is 3. The van der Waals surface area contributed by atoms with Gasteiger partial charge < -0.3 is 8.92 Å². The van der Waals surface area contributed by atoms with Gasteiger partial charge in [0.25, 0.3) is 0 Å². The molecule has 23 heavy (non-hydrogen) atoms. The molecule has 2 rings (SSSR count). The van der Waals surface area contributed by atoms with E-state index in [1.807, 2.05) is 6.92 Å². The van der Waals surface area contributed by atoms with E-state index in [0.29, 0.717) is 12.8 Å². The molecule has 0 N–H and O–H groups in total. The van der Waals surface area contributed by atoms with Crippen molar-refractivity contribution in [2.75, 3.05) is 6.61 Å². The summed E-state index contributed by atoms with van der Waals surface area (Å²) in [5.74, 6) is -0.271. The standard InChI is InChI=1S/C13H18F3NO5S/c1-2-3-6-21-12(18)17-9-4-5-10(17)8-11(7-9)22-23(19,20)13(14,15)16/h7,9-10H,2-6,8H2,1H3/t9-,10+/m0/s1. The van der Waals surface area contributed by atoms with Crippen molar-refractivity contribution in [1.82, 2.24) is 4.90 Å². The highest BCUT2D eigenvalue weighted by Gasteiger charge is 2.50. The molecule has 0 aromatic carbocycles. The summed E-state index contributed by atoms with van der Waals surface area (Å²) in [5.41, 5.74) is -5.47. The Morgan fingerprint density at radius 3 is 2.65 bits per heavy atom. The van der Waals surface area contributed by atoms with Gasteiger partial charge in [0.2, 0.25) is 0 Å². The van der Waals surface area contributed by atoms with Crippen LogP contribution in [0, 0.1) is 0 Å². The van der Waals surface area contributed by atoms with Crippen LogP contribution in [0.1, 0.15) is 39.0 Å². The topological polar surface area (TPSA) is 72.9 Å². The molecule has 0 aliphatic carbocycles. The maximum Gasteiger partial charge on any atom is 0.534 e. The molecule has 2 aliphatic rings. The van der Waals surface area contributed by atoms with Gasteiger partial charge >= 0.3 is 21.7 Å². The van der Waals surface area contributed by atoms with Crippen LogP contribution in [0.4, 0.5) is 18.0 Å². The first-order valence-corrected chi connectivity index (χ1v) is 8.73. The number of unbranched alkanes of at least 4 members (excludes halogenated alkanes) is 1. The third-order valence-electron chi connectivity index (χ3n) is 3.80. The molecule has 2 aliphatic heterocycles. The minimum Gasteiger partial charge on any atom is -0.449 e. The summed E-state index contributed by atoms with van der Waals surface area (Å²) in [6.45, 7) is 2.23. The average molecular weight is 357 g/mol. The van der Waals surface area contributed by atoms with Crippen LogP contribution < -0.4 is 0 Å². The number of ether oxygens (including phenoxy) is 1. The first kappa shape index (κ1) is 17.9. The molecule has 6 nitrogen and oxygen atoms in total. The normalized spacial score (nSPS) is 24.3. The Hall–Kier alpha value is -1.45. The molecule has 10 heteroatoms. The molecule has 0 aromatic heterocycles. The Bertz CT molecular complexity index is 587. The van der Waals surface area contributed by atoms with Crippen LogP contribution >= 0.6 is 0 Å². The van der Waals surface area contributed by atoms with E-state index in [1.54, 1.807) is 0 Å². The first-order chi connectivity index (χ1) is 10.7. The van der Waals surface area contributed by atoms with Crippen LogP contribution in [-0.4, -0.2) is 43.6 Å². The molecule has 1 fully saturated rings. The summed E-state index contributed by atoms with van der Waals surface area (Å²) in [6.07, 6.45) is 3.34. The highest BCUT2D eigenvalue weighted by atomic mass is 32.2. The van der Waals surface area contributed by atoms with Crippen LogP contribution in [0.5, 0.6) is 0 Å². The third kappa shape index (κ3) is 3.91. The minimum absolute atomic E-state index is 0.0747. The molecule has 2 atom stereocenters. The zero-order valence-electron chi connectivity index (χ0n) is 12.5.